The van der Waals surface area contributed by atoms with Crippen LogP contribution in [0.5, 0.6) is 0 Å². The van der Waals surface area contributed by atoms with E-state index in [-0.39, 0.29) is 23.4 Å². The van der Waals surface area contributed by atoms with E-state index in [9.17, 15) is 4.79 Å². The molecule has 0 aliphatic carbocycles. The van der Waals surface area contributed by atoms with Gasteiger partial charge in [0.2, 0.25) is 0 Å². The predicted octanol–water partition coefficient (Wildman–Crippen LogP) is 1.56. The van der Waals surface area contributed by atoms with E-state index in [1.54, 1.807) is 0 Å². The van der Waals surface area contributed by atoms with Crippen molar-refractivity contribution in [3.8, 4) is 0 Å². The third-order valence-electron chi connectivity index (χ3n) is 3.29. The molecule has 1 rings (SSSR count). The van der Waals surface area contributed by atoms with Gasteiger partial charge in [-0.3, -0.25) is 9.69 Å². The van der Waals surface area contributed by atoms with Gasteiger partial charge >= 0.3 is 5.97 Å². The number of nitrogens with zero attached hydrogens (tertiary/aromatic N) is 1. The summed E-state index contributed by atoms with van der Waals surface area (Å²) in [5.41, 5.74) is 0.184. The Morgan fingerprint density at radius 3 is 2.53 bits per heavy atom. The van der Waals surface area contributed by atoms with Crippen molar-refractivity contribution in [3.05, 3.63) is 0 Å². The van der Waals surface area contributed by atoms with Crippen molar-refractivity contribution in [2.75, 3.05) is 19.6 Å². The fourth-order valence-electron chi connectivity index (χ4n) is 2.50. The molecule has 0 aromatic rings. The van der Waals surface area contributed by atoms with Crippen LogP contribution in [0.4, 0.5) is 0 Å². The van der Waals surface area contributed by atoms with Crippen molar-refractivity contribution in [1.82, 2.24) is 10.2 Å². The standard InChI is InChI=1S/C13H26N2O2/c1-12(2,3)15-9-13(4,5)8-14-7-10(15)6-11(16)17/h10,14H,6-9H2,1-5H3,(H,16,17). The van der Waals surface area contributed by atoms with Gasteiger partial charge in [0, 0.05) is 31.2 Å². The van der Waals surface area contributed by atoms with Crippen LogP contribution in [0.15, 0.2) is 0 Å². The summed E-state index contributed by atoms with van der Waals surface area (Å²) in [6, 6.07) is 0.0780. The maximum Gasteiger partial charge on any atom is 0.304 e. The smallest absolute Gasteiger partial charge is 0.304 e. The average molecular weight is 242 g/mol. The van der Waals surface area contributed by atoms with Gasteiger partial charge in [-0.1, -0.05) is 13.8 Å². The maximum atomic E-state index is 11.0. The number of nitrogens with one attached hydrogen (secondary N) is 1. The van der Waals surface area contributed by atoms with E-state index in [1.165, 1.54) is 0 Å². The Bertz CT molecular complexity index is 282. The number of aliphatic carboxylic acids is 1. The first kappa shape index (κ1) is 14.5. The molecule has 100 valence electrons. The third-order valence-corrected chi connectivity index (χ3v) is 3.29. The molecule has 0 saturated carbocycles. The van der Waals surface area contributed by atoms with Crippen LogP contribution >= 0.6 is 0 Å². The molecule has 1 fully saturated rings. The van der Waals surface area contributed by atoms with Gasteiger partial charge in [-0.05, 0) is 26.2 Å². The summed E-state index contributed by atoms with van der Waals surface area (Å²) in [5, 5.41) is 12.4. The monoisotopic (exact) mass is 242 g/mol. The molecule has 0 bridgehead atoms. The molecule has 0 aromatic heterocycles. The minimum atomic E-state index is -0.717. The van der Waals surface area contributed by atoms with Gasteiger partial charge in [-0.25, -0.2) is 0 Å². The molecule has 1 saturated heterocycles. The minimum Gasteiger partial charge on any atom is -0.481 e. The molecule has 1 heterocycles. The molecule has 4 nitrogen and oxygen atoms in total. The summed E-state index contributed by atoms with van der Waals surface area (Å²) in [6.07, 6.45) is 0.209. The highest BCUT2D eigenvalue weighted by molar-refractivity contribution is 5.67. The van der Waals surface area contributed by atoms with Gasteiger partial charge in [0.05, 0.1) is 6.42 Å². The van der Waals surface area contributed by atoms with Crippen LogP contribution in [0, 0.1) is 5.41 Å². The van der Waals surface area contributed by atoms with Crippen LogP contribution in [-0.2, 0) is 4.79 Å². The molecule has 2 N–H and O–H groups in total. The Morgan fingerprint density at radius 1 is 1.47 bits per heavy atom. The quantitative estimate of drug-likeness (QED) is 0.771. The van der Waals surface area contributed by atoms with Crippen molar-refractivity contribution in [3.63, 3.8) is 0 Å². The van der Waals surface area contributed by atoms with E-state index >= 15 is 0 Å². The topological polar surface area (TPSA) is 52.6 Å². The van der Waals surface area contributed by atoms with Crippen molar-refractivity contribution in [2.24, 2.45) is 5.41 Å². The summed E-state index contributed by atoms with van der Waals surface area (Å²) in [7, 11) is 0. The molecule has 1 aliphatic rings. The highest BCUT2D eigenvalue weighted by atomic mass is 16.4. The molecular weight excluding hydrogens is 216 g/mol. The maximum absolute atomic E-state index is 11.0. The molecule has 0 amide bonds. The van der Waals surface area contributed by atoms with E-state index in [0.717, 1.165) is 19.6 Å². The zero-order valence-corrected chi connectivity index (χ0v) is 11.7. The summed E-state index contributed by atoms with van der Waals surface area (Å²) in [6.45, 7) is 13.5. The van der Waals surface area contributed by atoms with E-state index in [2.05, 4.69) is 44.8 Å². The summed E-state index contributed by atoms with van der Waals surface area (Å²) in [4.78, 5) is 13.3. The highest BCUT2D eigenvalue weighted by Crippen LogP contribution is 2.27. The van der Waals surface area contributed by atoms with Gasteiger partial charge in [-0.15, -0.1) is 0 Å². The second-order valence-corrected chi connectivity index (χ2v) is 6.85. The molecule has 4 heteroatoms. The zero-order chi connectivity index (χ0) is 13.3. The van der Waals surface area contributed by atoms with Crippen molar-refractivity contribution in [1.29, 1.82) is 0 Å². The van der Waals surface area contributed by atoms with Crippen LogP contribution in [0.3, 0.4) is 0 Å². The lowest BCUT2D eigenvalue weighted by atomic mass is 9.90. The molecule has 0 spiro atoms. The Labute approximate surface area is 104 Å². The Hall–Kier alpha value is -0.610. The van der Waals surface area contributed by atoms with Crippen LogP contribution in [0.2, 0.25) is 0 Å². The number of rotatable bonds is 2. The number of carboxylic acid groups (broad SMARTS) is 1. The van der Waals surface area contributed by atoms with E-state index in [4.69, 9.17) is 5.11 Å². The summed E-state index contributed by atoms with van der Waals surface area (Å²) in [5.74, 6) is -0.717. The van der Waals surface area contributed by atoms with Crippen molar-refractivity contribution >= 4 is 5.97 Å². The third kappa shape index (κ3) is 4.28. The van der Waals surface area contributed by atoms with Crippen LogP contribution < -0.4 is 5.32 Å². The number of carboxylic acids is 1. The van der Waals surface area contributed by atoms with Gasteiger partial charge in [0.1, 0.15) is 0 Å². The van der Waals surface area contributed by atoms with Crippen LogP contribution in [-0.4, -0.2) is 47.2 Å². The zero-order valence-electron chi connectivity index (χ0n) is 11.7. The lowest BCUT2D eigenvalue weighted by molar-refractivity contribution is -0.139. The summed E-state index contributed by atoms with van der Waals surface area (Å²) >= 11 is 0. The first-order valence-corrected chi connectivity index (χ1v) is 6.31. The van der Waals surface area contributed by atoms with Gasteiger partial charge in [-0.2, -0.15) is 0 Å². The van der Waals surface area contributed by atoms with Gasteiger partial charge < -0.3 is 10.4 Å². The average Bonchev–Trinajstić information content (AvgIpc) is 2.23. The molecule has 1 unspecified atom stereocenters. The molecule has 1 aliphatic heterocycles. The highest BCUT2D eigenvalue weighted by Gasteiger charge is 2.36. The Morgan fingerprint density at radius 2 is 2.06 bits per heavy atom. The van der Waals surface area contributed by atoms with E-state index < -0.39 is 5.97 Å². The van der Waals surface area contributed by atoms with Crippen LogP contribution in [0.25, 0.3) is 0 Å². The molecule has 0 aromatic carbocycles. The van der Waals surface area contributed by atoms with Crippen molar-refractivity contribution in [2.45, 2.75) is 52.6 Å². The predicted molar refractivity (Wildman–Crippen MR) is 69.2 cm³/mol. The number of hydrogen-bond acceptors (Lipinski definition) is 3. The van der Waals surface area contributed by atoms with E-state index in [1.807, 2.05) is 0 Å². The molecular formula is C13H26N2O2. The normalized spacial score (nSPS) is 26.5. The number of carbonyl (C=O) groups is 1. The lowest BCUT2D eigenvalue weighted by Crippen LogP contribution is -2.52. The van der Waals surface area contributed by atoms with E-state index in [0.29, 0.717) is 0 Å². The fraction of sp³-hybridized carbons (Fsp3) is 0.923. The molecule has 17 heavy (non-hydrogen) atoms. The van der Waals surface area contributed by atoms with Crippen molar-refractivity contribution < 1.29 is 9.90 Å². The Balaban J connectivity index is 2.89. The summed E-state index contributed by atoms with van der Waals surface area (Å²) < 4.78 is 0. The Kier molecular flexibility index (Phi) is 4.20. The SMILES string of the molecule is CC1(C)CNCC(CC(=O)O)N(C(C)(C)C)C1. The largest absolute Gasteiger partial charge is 0.481 e. The molecule has 1 atom stereocenters. The van der Waals surface area contributed by atoms with Gasteiger partial charge in [0.25, 0.3) is 0 Å². The van der Waals surface area contributed by atoms with Gasteiger partial charge in [0.15, 0.2) is 0 Å². The first-order chi connectivity index (χ1) is 7.62. The molecule has 0 radical (unpaired) electrons. The first-order valence-electron chi connectivity index (χ1n) is 6.31. The van der Waals surface area contributed by atoms with Crippen LogP contribution in [0.1, 0.15) is 41.0 Å². The minimum absolute atomic E-state index is 0.00338. The lowest BCUT2D eigenvalue weighted by Gasteiger charge is -2.43. The fourth-order valence-corrected chi connectivity index (χ4v) is 2.50. The number of hydrogen-bond donors (Lipinski definition) is 2. The second-order valence-electron chi connectivity index (χ2n) is 6.85. The second kappa shape index (κ2) is 4.94.